The fourth-order valence-corrected chi connectivity index (χ4v) is 3.10. The van der Waals surface area contributed by atoms with Crippen LogP contribution in [0.2, 0.25) is 10.0 Å². The summed E-state index contributed by atoms with van der Waals surface area (Å²) in [4.78, 5) is 22.5. The maximum atomic E-state index is 14.6. The third-order valence-electron chi connectivity index (χ3n) is 3.69. The minimum absolute atomic E-state index is 0.0490. The van der Waals surface area contributed by atoms with Gasteiger partial charge in [0.1, 0.15) is 13.2 Å². The number of ether oxygens (including phenoxy) is 1. The summed E-state index contributed by atoms with van der Waals surface area (Å²) in [6.07, 6.45) is 0. The molecule has 0 saturated carbocycles. The molecule has 3 N–H and O–H groups in total. The van der Waals surface area contributed by atoms with Crippen molar-refractivity contribution < 1.29 is 23.8 Å². The molecular formula is C19H19Cl2FN2O4. The number of halogens is 3. The summed E-state index contributed by atoms with van der Waals surface area (Å²) in [5, 5.41) is 13.9. The molecule has 0 heterocycles. The van der Waals surface area contributed by atoms with Crippen molar-refractivity contribution in [1.29, 1.82) is 0 Å². The zero-order chi connectivity index (χ0) is 20.8. The number of carboxylic acids is 1. The molecule has 0 spiro atoms. The maximum Gasteiger partial charge on any atom is 0.322 e. The van der Waals surface area contributed by atoms with Crippen molar-refractivity contribution >= 4 is 40.8 Å². The fourth-order valence-electron chi connectivity index (χ4n) is 2.50. The zero-order valence-corrected chi connectivity index (χ0v) is 16.7. The van der Waals surface area contributed by atoms with Gasteiger partial charge in [-0.1, -0.05) is 23.2 Å². The molecule has 0 fully saturated rings. The van der Waals surface area contributed by atoms with Gasteiger partial charge in [-0.25, -0.2) is 4.39 Å². The number of nitrogens with one attached hydrogen (secondary N) is 2. The van der Waals surface area contributed by atoms with E-state index in [-0.39, 0.29) is 28.0 Å². The molecule has 0 aliphatic carbocycles. The number of carbonyl (C=O) groups excluding carboxylic acids is 1. The van der Waals surface area contributed by atoms with E-state index in [9.17, 15) is 14.0 Å². The highest BCUT2D eigenvalue weighted by Gasteiger charge is 2.16. The number of aryl methyl sites for hydroxylation is 1. The summed E-state index contributed by atoms with van der Waals surface area (Å²) >= 11 is 12.3. The van der Waals surface area contributed by atoms with E-state index in [1.807, 2.05) is 13.8 Å². The van der Waals surface area contributed by atoms with Crippen LogP contribution in [0.4, 0.5) is 10.1 Å². The predicted molar refractivity (Wildman–Crippen MR) is 106 cm³/mol. The molecule has 2 aromatic carbocycles. The molecule has 2 aromatic rings. The lowest BCUT2D eigenvalue weighted by molar-refractivity contribution is -0.135. The number of carbonyl (C=O) groups is 2. The number of anilines is 1. The second-order valence-electron chi connectivity index (χ2n) is 5.95. The molecule has 6 nitrogen and oxygen atoms in total. The Hall–Kier alpha value is -2.51. The van der Waals surface area contributed by atoms with Crippen LogP contribution in [0.3, 0.4) is 0 Å². The molecule has 150 valence electrons. The lowest BCUT2D eigenvalue weighted by Crippen LogP contribution is -2.29. The van der Waals surface area contributed by atoms with Crippen molar-refractivity contribution in [2.75, 3.05) is 18.4 Å². The fraction of sp³-hybridized carbons (Fsp3) is 0.263. The second kappa shape index (κ2) is 9.61. The van der Waals surface area contributed by atoms with Gasteiger partial charge in [-0.2, -0.15) is 0 Å². The minimum atomic E-state index is -1.18. The van der Waals surface area contributed by atoms with Gasteiger partial charge in [-0.3, -0.25) is 9.59 Å². The van der Waals surface area contributed by atoms with Gasteiger partial charge in [0.05, 0.1) is 15.7 Å². The summed E-state index contributed by atoms with van der Waals surface area (Å²) in [7, 11) is 0. The summed E-state index contributed by atoms with van der Waals surface area (Å²) in [5.41, 5.74) is 1.65. The van der Waals surface area contributed by atoms with Gasteiger partial charge in [0.2, 0.25) is 0 Å². The average Bonchev–Trinajstić information content (AvgIpc) is 2.62. The SMILES string of the molecule is CCNc1cc(C)cc(COc2c(Cl)cc(C(=O)NCC(=O)O)cc2Cl)c1F. The van der Waals surface area contributed by atoms with Gasteiger partial charge in [0, 0.05) is 17.7 Å². The highest BCUT2D eigenvalue weighted by Crippen LogP contribution is 2.35. The molecule has 0 aliphatic heterocycles. The van der Waals surface area contributed by atoms with E-state index in [2.05, 4.69) is 10.6 Å². The third-order valence-corrected chi connectivity index (χ3v) is 4.25. The summed E-state index contributed by atoms with van der Waals surface area (Å²) < 4.78 is 20.2. The summed E-state index contributed by atoms with van der Waals surface area (Å²) in [5.74, 6) is -2.14. The van der Waals surface area contributed by atoms with Crippen LogP contribution in [0.15, 0.2) is 24.3 Å². The molecule has 0 unspecified atom stereocenters. The Balaban J connectivity index is 2.19. The largest absolute Gasteiger partial charge is 0.486 e. The second-order valence-corrected chi connectivity index (χ2v) is 6.76. The van der Waals surface area contributed by atoms with E-state index in [1.54, 1.807) is 12.1 Å². The highest BCUT2D eigenvalue weighted by molar-refractivity contribution is 6.37. The summed E-state index contributed by atoms with van der Waals surface area (Å²) in [6.45, 7) is 3.63. The normalized spacial score (nSPS) is 10.5. The van der Waals surface area contributed by atoms with Crippen LogP contribution in [-0.4, -0.2) is 30.1 Å². The van der Waals surface area contributed by atoms with E-state index in [1.165, 1.54) is 12.1 Å². The highest BCUT2D eigenvalue weighted by atomic mass is 35.5. The van der Waals surface area contributed by atoms with Crippen molar-refractivity contribution in [2.24, 2.45) is 0 Å². The molecule has 2 rings (SSSR count). The van der Waals surface area contributed by atoms with E-state index >= 15 is 0 Å². The first-order chi connectivity index (χ1) is 13.2. The Bertz CT molecular complexity index is 883. The van der Waals surface area contributed by atoms with Crippen LogP contribution in [0.1, 0.15) is 28.4 Å². The number of benzene rings is 2. The first-order valence-corrected chi connectivity index (χ1v) is 9.13. The number of hydrogen-bond acceptors (Lipinski definition) is 4. The number of rotatable bonds is 8. The Labute approximate surface area is 171 Å². The van der Waals surface area contributed by atoms with Crippen molar-refractivity contribution in [3.05, 3.63) is 56.8 Å². The van der Waals surface area contributed by atoms with Gasteiger partial charge in [-0.05, 0) is 43.7 Å². The quantitative estimate of drug-likeness (QED) is 0.584. The van der Waals surface area contributed by atoms with Crippen molar-refractivity contribution in [1.82, 2.24) is 5.32 Å². The van der Waals surface area contributed by atoms with Crippen LogP contribution in [0.25, 0.3) is 0 Å². The molecule has 0 atom stereocenters. The van der Waals surface area contributed by atoms with Crippen LogP contribution >= 0.6 is 23.2 Å². The van der Waals surface area contributed by atoms with Gasteiger partial charge >= 0.3 is 5.97 Å². The lowest BCUT2D eigenvalue weighted by Gasteiger charge is -2.14. The Morgan fingerprint density at radius 2 is 1.82 bits per heavy atom. The monoisotopic (exact) mass is 428 g/mol. The minimum Gasteiger partial charge on any atom is -0.486 e. The average molecular weight is 429 g/mol. The number of amides is 1. The number of carboxylic acid groups (broad SMARTS) is 1. The number of hydrogen-bond donors (Lipinski definition) is 3. The Kier molecular flexibility index (Phi) is 7.48. The van der Waals surface area contributed by atoms with E-state index in [4.69, 9.17) is 33.0 Å². The van der Waals surface area contributed by atoms with Crippen LogP contribution < -0.4 is 15.4 Å². The third kappa shape index (κ3) is 5.50. The van der Waals surface area contributed by atoms with Gasteiger partial charge < -0.3 is 20.5 Å². The zero-order valence-electron chi connectivity index (χ0n) is 15.2. The first-order valence-electron chi connectivity index (χ1n) is 8.37. The van der Waals surface area contributed by atoms with Crippen LogP contribution in [0, 0.1) is 12.7 Å². The molecule has 1 amide bonds. The van der Waals surface area contributed by atoms with Crippen molar-refractivity contribution in [3.8, 4) is 5.75 Å². The Morgan fingerprint density at radius 1 is 1.18 bits per heavy atom. The molecule has 9 heteroatoms. The first kappa shape index (κ1) is 21.8. The molecule has 0 aliphatic rings. The van der Waals surface area contributed by atoms with Gasteiger partial charge in [0.15, 0.2) is 11.6 Å². The van der Waals surface area contributed by atoms with Gasteiger partial charge in [0.25, 0.3) is 5.91 Å². The summed E-state index contributed by atoms with van der Waals surface area (Å²) in [6, 6.07) is 5.96. The number of aliphatic carboxylic acids is 1. The predicted octanol–water partition coefficient (Wildman–Crippen LogP) is 4.27. The van der Waals surface area contributed by atoms with E-state index in [0.717, 1.165) is 5.56 Å². The molecular weight excluding hydrogens is 410 g/mol. The standard InChI is InChI=1S/C19H19Cl2FN2O4/c1-3-23-15-5-10(2)4-12(17(15)22)9-28-18-13(20)6-11(7-14(18)21)19(27)24-8-16(25)26/h4-7,23H,3,8-9H2,1-2H3,(H,24,27)(H,25,26). The van der Waals surface area contributed by atoms with Crippen LogP contribution in [-0.2, 0) is 11.4 Å². The van der Waals surface area contributed by atoms with Crippen molar-refractivity contribution in [3.63, 3.8) is 0 Å². The maximum absolute atomic E-state index is 14.6. The van der Waals surface area contributed by atoms with E-state index in [0.29, 0.717) is 17.8 Å². The molecule has 0 saturated heterocycles. The topological polar surface area (TPSA) is 87.7 Å². The molecule has 0 radical (unpaired) electrons. The molecule has 0 bridgehead atoms. The molecule has 0 aromatic heterocycles. The Morgan fingerprint density at radius 3 is 2.39 bits per heavy atom. The molecule has 28 heavy (non-hydrogen) atoms. The van der Waals surface area contributed by atoms with Crippen LogP contribution in [0.5, 0.6) is 5.75 Å². The van der Waals surface area contributed by atoms with Gasteiger partial charge in [-0.15, -0.1) is 0 Å². The van der Waals surface area contributed by atoms with E-state index < -0.39 is 24.2 Å². The van der Waals surface area contributed by atoms with Crippen molar-refractivity contribution in [2.45, 2.75) is 20.5 Å². The lowest BCUT2D eigenvalue weighted by atomic mass is 10.1. The smallest absolute Gasteiger partial charge is 0.322 e.